The van der Waals surface area contributed by atoms with Gasteiger partial charge in [0.1, 0.15) is 18.1 Å². The fourth-order valence-corrected chi connectivity index (χ4v) is 3.50. The number of aliphatic hydroxyl groups excluding tert-OH is 1. The number of benzene rings is 1. The van der Waals surface area contributed by atoms with E-state index in [0.717, 1.165) is 0 Å². The summed E-state index contributed by atoms with van der Waals surface area (Å²) >= 11 is 0. The minimum absolute atomic E-state index is 0.00217. The van der Waals surface area contributed by atoms with Gasteiger partial charge in [0.05, 0.1) is 18.5 Å². The second-order valence-corrected chi connectivity index (χ2v) is 8.77. The van der Waals surface area contributed by atoms with Crippen LogP contribution in [0.4, 0.5) is 0 Å². The van der Waals surface area contributed by atoms with Crippen molar-refractivity contribution in [3.8, 4) is 0 Å². The number of carboxylic acids is 1. The van der Waals surface area contributed by atoms with Crippen molar-refractivity contribution in [2.75, 3.05) is 0 Å². The molecule has 1 heterocycles. The number of imidazole rings is 1. The highest BCUT2D eigenvalue weighted by Crippen LogP contribution is 2.07. The van der Waals surface area contributed by atoms with Gasteiger partial charge in [0.2, 0.25) is 23.6 Å². The van der Waals surface area contributed by atoms with Crippen LogP contribution in [-0.4, -0.2) is 80.1 Å². The zero-order valence-corrected chi connectivity index (χ0v) is 20.8. The number of carbonyl (C=O) groups excluding carboxylic acids is 4. The number of hydrogen-bond donors (Lipinski definition) is 8. The van der Waals surface area contributed by atoms with Crippen molar-refractivity contribution >= 4 is 29.6 Å². The molecule has 4 amide bonds. The van der Waals surface area contributed by atoms with E-state index in [1.165, 1.54) is 19.4 Å². The molecular weight excluding hydrogens is 498 g/mol. The predicted octanol–water partition coefficient (Wildman–Crippen LogP) is -2.29. The van der Waals surface area contributed by atoms with Crippen LogP contribution in [0.1, 0.15) is 31.0 Å². The number of primary amides is 1. The zero-order valence-electron chi connectivity index (χ0n) is 20.8. The molecule has 0 fully saturated rings. The maximum Gasteiger partial charge on any atom is 0.326 e. The second-order valence-electron chi connectivity index (χ2n) is 8.77. The third-order valence-electron chi connectivity index (χ3n) is 5.61. The van der Waals surface area contributed by atoms with Gasteiger partial charge in [-0.25, -0.2) is 9.78 Å². The maximum atomic E-state index is 13.1. The average molecular weight is 532 g/mol. The van der Waals surface area contributed by atoms with Gasteiger partial charge in [-0.2, -0.15) is 0 Å². The normalized spacial score (nSPS) is 14.8. The lowest BCUT2D eigenvalue weighted by atomic mass is 10.0. The first-order valence-corrected chi connectivity index (χ1v) is 11.8. The topological polar surface area (TPSA) is 243 Å². The van der Waals surface area contributed by atoms with Crippen molar-refractivity contribution in [1.29, 1.82) is 0 Å². The van der Waals surface area contributed by atoms with Crippen LogP contribution in [0, 0.1) is 0 Å². The van der Waals surface area contributed by atoms with E-state index in [1.54, 1.807) is 30.3 Å². The van der Waals surface area contributed by atoms with E-state index < -0.39 is 59.9 Å². The molecular formula is C24H33N7O7. The molecule has 2 rings (SSSR count). The number of aromatic amines is 1. The second kappa shape index (κ2) is 14.4. The van der Waals surface area contributed by atoms with Gasteiger partial charge in [-0.1, -0.05) is 30.3 Å². The van der Waals surface area contributed by atoms with Crippen LogP contribution in [0.3, 0.4) is 0 Å². The highest BCUT2D eigenvalue weighted by Gasteiger charge is 2.33. The summed E-state index contributed by atoms with van der Waals surface area (Å²) in [4.78, 5) is 68.1. The third-order valence-corrected chi connectivity index (χ3v) is 5.61. The van der Waals surface area contributed by atoms with Crippen molar-refractivity contribution in [3.63, 3.8) is 0 Å². The number of H-pyrrole nitrogens is 1. The third kappa shape index (κ3) is 9.63. The number of aliphatic hydroxyl groups is 1. The van der Waals surface area contributed by atoms with Crippen LogP contribution in [0.5, 0.6) is 0 Å². The van der Waals surface area contributed by atoms with Gasteiger partial charge in [0.15, 0.2) is 0 Å². The summed E-state index contributed by atoms with van der Waals surface area (Å²) in [5.41, 5.74) is 11.9. The van der Waals surface area contributed by atoms with E-state index in [-0.39, 0.29) is 25.7 Å². The maximum absolute atomic E-state index is 13.1. The van der Waals surface area contributed by atoms with Crippen LogP contribution >= 0.6 is 0 Å². The van der Waals surface area contributed by atoms with Crippen molar-refractivity contribution < 1.29 is 34.2 Å². The Morgan fingerprint density at radius 3 is 2.18 bits per heavy atom. The first-order chi connectivity index (χ1) is 18.0. The van der Waals surface area contributed by atoms with E-state index in [9.17, 15) is 34.2 Å². The first kappa shape index (κ1) is 29.9. The van der Waals surface area contributed by atoms with Gasteiger partial charge in [-0.05, 0) is 18.9 Å². The molecule has 38 heavy (non-hydrogen) atoms. The molecule has 2 aromatic rings. The van der Waals surface area contributed by atoms with E-state index in [1.807, 2.05) is 0 Å². The minimum atomic E-state index is -1.50. The lowest BCUT2D eigenvalue weighted by molar-refractivity contribution is -0.142. The Hall–Kier alpha value is -4.30. The number of carboxylic acid groups (broad SMARTS) is 1. The Balaban J connectivity index is 2.16. The number of carbonyl (C=O) groups is 5. The number of amides is 4. The van der Waals surface area contributed by atoms with E-state index in [0.29, 0.717) is 11.3 Å². The molecule has 14 heteroatoms. The molecule has 0 aliphatic heterocycles. The number of nitrogens with zero attached hydrogens (tertiary/aromatic N) is 1. The molecule has 0 saturated heterocycles. The smallest absolute Gasteiger partial charge is 0.326 e. The van der Waals surface area contributed by atoms with Crippen molar-refractivity contribution in [2.24, 2.45) is 11.5 Å². The number of rotatable bonds is 15. The average Bonchev–Trinajstić information content (AvgIpc) is 3.38. The van der Waals surface area contributed by atoms with Gasteiger partial charge in [-0.15, -0.1) is 0 Å². The minimum Gasteiger partial charge on any atom is -0.480 e. The molecule has 0 saturated carbocycles. The predicted molar refractivity (Wildman–Crippen MR) is 134 cm³/mol. The number of nitrogens with one attached hydrogen (secondary N) is 4. The van der Waals surface area contributed by atoms with E-state index >= 15 is 0 Å². The highest BCUT2D eigenvalue weighted by atomic mass is 16.4. The Kier molecular flexibility index (Phi) is 11.4. The summed E-state index contributed by atoms with van der Waals surface area (Å²) < 4.78 is 0. The number of aromatic nitrogens is 2. The van der Waals surface area contributed by atoms with Crippen molar-refractivity contribution in [2.45, 2.75) is 62.9 Å². The summed E-state index contributed by atoms with van der Waals surface area (Å²) in [7, 11) is 0. The monoisotopic (exact) mass is 531 g/mol. The molecule has 0 aliphatic rings. The molecule has 206 valence electrons. The van der Waals surface area contributed by atoms with E-state index in [2.05, 4.69) is 25.9 Å². The van der Waals surface area contributed by atoms with Crippen LogP contribution in [0.15, 0.2) is 42.9 Å². The van der Waals surface area contributed by atoms with Gasteiger partial charge in [0, 0.05) is 31.2 Å². The Morgan fingerprint density at radius 1 is 0.974 bits per heavy atom. The van der Waals surface area contributed by atoms with Crippen LogP contribution < -0.4 is 27.4 Å². The Labute approximate surface area is 218 Å². The van der Waals surface area contributed by atoms with E-state index in [4.69, 9.17) is 11.5 Å². The summed E-state index contributed by atoms with van der Waals surface area (Å²) in [6, 6.07) is 3.43. The van der Waals surface area contributed by atoms with Crippen LogP contribution in [-0.2, 0) is 36.8 Å². The zero-order chi connectivity index (χ0) is 28.2. The SMILES string of the molecule is CC(O)C(NC(=O)C(N)CCC(N)=O)C(=O)NC(Cc1cnc[nH]1)C(=O)NC(Cc1ccccc1)C(=O)O. The fourth-order valence-electron chi connectivity index (χ4n) is 3.50. The molecule has 0 spiro atoms. The molecule has 5 atom stereocenters. The molecule has 10 N–H and O–H groups in total. The fraction of sp³-hybridized carbons (Fsp3) is 0.417. The number of aliphatic carboxylic acids is 1. The van der Waals surface area contributed by atoms with Gasteiger partial charge < -0.3 is 42.6 Å². The van der Waals surface area contributed by atoms with Crippen molar-refractivity contribution in [1.82, 2.24) is 25.9 Å². The van der Waals surface area contributed by atoms with Gasteiger partial charge in [0.25, 0.3) is 0 Å². The van der Waals surface area contributed by atoms with Gasteiger partial charge in [-0.3, -0.25) is 19.2 Å². The summed E-state index contributed by atoms with van der Waals surface area (Å²) in [5.74, 6) is -4.45. The first-order valence-electron chi connectivity index (χ1n) is 11.8. The molecule has 0 aliphatic carbocycles. The largest absolute Gasteiger partial charge is 0.480 e. The summed E-state index contributed by atoms with van der Waals surface area (Å²) in [5, 5.41) is 27.0. The Bertz CT molecular complexity index is 1090. The van der Waals surface area contributed by atoms with Crippen LogP contribution in [0.25, 0.3) is 0 Å². The molecule has 14 nitrogen and oxygen atoms in total. The quantitative estimate of drug-likeness (QED) is 0.123. The molecule has 5 unspecified atom stereocenters. The number of nitrogens with two attached hydrogens (primary N) is 2. The number of hydrogen-bond acceptors (Lipinski definition) is 8. The van der Waals surface area contributed by atoms with Gasteiger partial charge >= 0.3 is 5.97 Å². The highest BCUT2D eigenvalue weighted by molar-refractivity contribution is 5.94. The van der Waals surface area contributed by atoms with Crippen molar-refractivity contribution in [3.05, 3.63) is 54.1 Å². The molecule has 1 aromatic carbocycles. The lowest BCUT2D eigenvalue weighted by Crippen LogP contribution is -2.60. The summed E-state index contributed by atoms with van der Waals surface area (Å²) in [6.07, 6.45) is 1.10. The molecule has 0 bridgehead atoms. The summed E-state index contributed by atoms with van der Waals surface area (Å²) in [6.45, 7) is 1.25. The van der Waals surface area contributed by atoms with Crippen LogP contribution in [0.2, 0.25) is 0 Å². The Morgan fingerprint density at radius 2 is 1.63 bits per heavy atom. The molecule has 1 aromatic heterocycles. The lowest BCUT2D eigenvalue weighted by Gasteiger charge is -2.26. The standard InChI is InChI=1S/C24H33N7O7/c1-13(32)20(31-21(34)16(25)7-8-19(26)33)23(36)29-17(10-15-11-27-12-28-15)22(35)30-18(24(37)38)9-14-5-3-2-4-6-14/h2-6,11-13,16-18,20,32H,7-10,25H2,1H3,(H2,26,33)(H,27,28)(H,29,36)(H,30,35)(H,31,34)(H,37,38). The molecule has 0 radical (unpaired) electrons.